The fraction of sp³-hybridized carbons (Fsp3) is 0. The number of nitro benzene ring substituents is 2. The molecule has 10 nitrogen and oxygen atoms in total. The first-order chi connectivity index (χ1) is 15.3. The van der Waals surface area contributed by atoms with Gasteiger partial charge in [0.05, 0.1) is 15.2 Å². The van der Waals surface area contributed by atoms with E-state index in [1.807, 2.05) is 0 Å². The zero-order chi connectivity index (χ0) is 23.0. The Morgan fingerprint density at radius 3 is 1.97 bits per heavy atom. The number of nitro groups is 2. The van der Waals surface area contributed by atoms with Crippen molar-refractivity contribution in [1.82, 2.24) is 0 Å². The second-order valence-corrected chi connectivity index (χ2v) is 6.75. The van der Waals surface area contributed by atoms with Crippen LogP contribution in [0.25, 0.3) is 22.3 Å². The Bertz CT molecular complexity index is 1450. The molecule has 4 aromatic rings. The predicted molar refractivity (Wildman–Crippen MR) is 113 cm³/mol. The van der Waals surface area contributed by atoms with Crippen molar-refractivity contribution in [2.75, 3.05) is 0 Å². The maximum absolute atomic E-state index is 13.2. The van der Waals surface area contributed by atoms with Gasteiger partial charge in [0.15, 0.2) is 0 Å². The van der Waals surface area contributed by atoms with E-state index in [1.165, 1.54) is 54.6 Å². The van der Waals surface area contributed by atoms with E-state index in [1.54, 1.807) is 0 Å². The van der Waals surface area contributed by atoms with Crippen LogP contribution in [0.4, 0.5) is 11.4 Å². The first-order valence-electron chi connectivity index (χ1n) is 9.10. The van der Waals surface area contributed by atoms with Gasteiger partial charge in [0.1, 0.15) is 22.7 Å². The van der Waals surface area contributed by atoms with Gasteiger partial charge in [0, 0.05) is 41.5 Å². The Morgan fingerprint density at radius 2 is 1.41 bits per heavy atom. The van der Waals surface area contributed by atoms with Gasteiger partial charge in [-0.05, 0) is 36.4 Å². The molecule has 0 saturated carbocycles. The molecule has 0 aliphatic heterocycles. The quantitative estimate of drug-likeness (QED) is 0.279. The third-order valence-corrected chi connectivity index (χ3v) is 4.78. The number of ketones is 1. The van der Waals surface area contributed by atoms with Gasteiger partial charge in [-0.25, -0.2) is 0 Å². The number of rotatable bonds is 5. The lowest BCUT2D eigenvalue weighted by Crippen LogP contribution is -2.18. The molecule has 32 heavy (non-hydrogen) atoms. The first-order valence-corrected chi connectivity index (χ1v) is 9.10. The molecule has 1 aromatic heterocycles. The normalized spacial score (nSPS) is 10.8. The Kier molecular flexibility index (Phi) is 4.95. The Balaban J connectivity index is 1.96. The summed E-state index contributed by atoms with van der Waals surface area (Å²) in [4.78, 5) is 47.1. The van der Waals surface area contributed by atoms with Gasteiger partial charge in [-0.1, -0.05) is 0 Å². The Morgan fingerprint density at radius 1 is 0.844 bits per heavy atom. The lowest BCUT2D eigenvalue weighted by atomic mass is 9.97. The molecule has 0 aliphatic carbocycles. The van der Waals surface area contributed by atoms with Crippen LogP contribution in [0.3, 0.4) is 0 Å². The van der Waals surface area contributed by atoms with E-state index < -0.39 is 21.1 Å². The molecule has 0 atom stereocenters. The van der Waals surface area contributed by atoms with E-state index in [4.69, 9.17) is 4.42 Å². The van der Waals surface area contributed by atoms with Crippen molar-refractivity contribution in [3.63, 3.8) is 0 Å². The minimum absolute atomic E-state index is 0.0172. The molecule has 1 N–H and O–H groups in total. The van der Waals surface area contributed by atoms with E-state index in [2.05, 4.69) is 0 Å². The van der Waals surface area contributed by atoms with Crippen LogP contribution >= 0.6 is 0 Å². The molecule has 0 bridgehead atoms. The Labute approximate surface area is 178 Å². The van der Waals surface area contributed by atoms with Crippen LogP contribution in [0.2, 0.25) is 0 Å². The molecule has 0 saturated heterocycles. The SMILES string of the molecule is O=C(c1ccc([N+](=O)[O-])cc1)c1c(-c2ccc([N+](=O)[O-])cc2)oc2cc(O)ccc2c1=O. The van der Waals surface area contributed by atoms with Crippen LogP contribution in [0.1, 0.15) is 15.9 Å². The molecule has 0 aliphatic rings. The average molecular weight is 432 g/mol. The number of phenols is 1. The lowest BCUT2D eigenvalue weighted by molar-refractivity contribution is -0.385. The number of hydrogen-bond donors (Lipinski definition) is 1. The second kappa shape index (κ2) is 7.76. The van der Waals surface area contributed by atoms with Crippen molar-refractivity contribution in [2.24, 2.45) is 0 Å². The van der Waals surface area contributed by atoms with Crippen molar-refractivity contribution in [1.29, 1.82) is 0 Å². The van der Waals surface area contributed by atoms with Crippen molar-refractivity contribution in [2.45, 2.75) is 0 Å². The van der Waals surface area contributed by atoms with E-state index in [9.17, 15) is 34.9 Å². The van der Waals surface area contributed by atoms with Crippen molar-refractivity contribution < 1.29 is 24.2 Å². The second-order valence-electron chi connectivity index (χ2n) is 6.75. The summed E-state index contributed by atoms with van der Waals surface area (Å²) < 4.78 is 5.79. The molecule has 1 heterocycles. The predicted octanol–water partition coefficient (Wildman–Crippen LogP) is 4.21. The summed E-state index contributed by atoms with van der Waals surface area (Å²) in [5.41, 5.74) is -1.18. The standard InChI is InChI=1S/C22H12N2O8/c25-16-9-10-17-18(11-16)32-22(13-3-7-15(8-4-13)24(30)31)19(21(17)27)20(26)12-1-5-14(6-2-12)23(28)29/h1-11,25H. The molecule has 0 radical (unpaired) electrons. The third-order valence-electron chi connectivity index (χ3n) is 4.78. The van der Waals surface area contributed by atoms with Crippen LogP contribution in [0.15, 0.2) is 75.9 Å². The van der Waals surface area contributed by atoms with Crippen LogP contribution in [-0.2, 0) is 0 Å². The van der Waals surface area contributed by atoms with E-state index in [0.717, 1.165) is 12.1 Å². The summed E-state index contributed by atoms with van der Waals surface area (Å²) in [6.45, 7) is 0. The fourth-order valence-electron chi connectivity index (χ4n) is 3.20. The number of aromatic hydroxyl groups is 1. The molecule has 0 spiro atoms. The molecule has 4 rings (SSSR count). The van der Waals surface area contributed by atoms with Crippen molar-refractivity contribution in [3.8, 4) is 17.1 Å². The highest BCUT2D eigenvalue weighted by Crippen LogP contribution is 2.30. The summed E-state index contributed by atoms with van der Waals surface area (Å²) in [7, 11) is 0. The molecule has 3 aromatic carbocycles. The molecule has 0 amide bonds. The summed E-state index contributed by atoms with van der Waals surface area (Å²) >= 11 is 0. The third kappa shape index (κ3) is 3.56. The molecule has 0 fully saturated rings. The highest BCUT2D eigenvalue weighted by Gasteiger charge is 2.24. The fourth-order valence-corrected chi connectivity index (χ4v) is 3.20. The number of non-ortho nitro benzene ring substituents is 2. The summed E-state index contributed by atoms with van der Waals surface area (Å²) in [6.07, 6.45) is 0. The molecule has 0 unspecified atom stereocenters. The van der Waals surface area contributed by atoms with Crippen LogP contribution < -0.4 is 5.43 Å². The highest BCUT2D eigenvalue weighted by atomic mass is 16.6. The average Bonchev–Trinajstić information content (AvgIpc) is 2.78. The zero-order valence-electron chi connectivity index (χ0n) is 16.1. The number of phenolic OH excluding ortho intramolecular Hbond substituents is 1. The van der Waals surface area contributed by atoms with Gasteiger partial charge >= 0.3 is 0 Å². The highest BCUT2D eigenvalue weighted by molar-refractivity contribution is 6.13. The maximum Gasteiger partial charge on any atom is 0.269 e. The van der Waals surface area contributed by atoms with Crippen LogP contribution in [0, 0.1) is 20.2 Å². The van der Waals surface area contributed by atoms with Crippen molar-refractivity contribution in [3.05, 3.63) is 108 Å². The summed E-state index contributed by atoms with van der Waals surface area (Å²) in [5.74, 6) is -1.05. The minimum atomic E-state index is -0.739. The molecule has 158 valence electrons. The molecule has 10 heteroatoms. The smallest absolute Gasteiger partial charge is 0.269 e. The number of carbonyl (C=O) groups is 1. The van der Waals surface area contributed by atoms with E-state index in [-0.39, 0.29) is 50.5 Å². The topological polar surface area (TPSA) is 154 Å². The maximum atomic E-state index is 13.2. The minimum Gasteiger partial charge on any atom is -0.508 e. The largest absolute Gasteiger partial charge is 0.508 e. The van der Waals surface area contributed by atoms with Crippen LogP contribution in [-0.4, -0.2) is 20.7 Å². The van der Waals surface area contributed by atoms with E-state index >= 15 is 0 Å². The number of benzene rings is 3. The number of nitrogens with zero attached hydrogens (tertiary/aromatic N) is 2. The first kappa shape index (κ1) is 20.4. The van der Waals surface area contributed by atoms with Gasteiger partial charge in [0.25, 0.3) is 11.4 Å². The van der Waals surface area contributed by atoms with Gasteiger partial charge < -0.3 is 9.52 Å². The molecular formula is C22H12N2O8. The van der Waals surface area contributed by atoms with Crippen LogP contribution in [0.5, 0.6) is 5.75 Å². The summed E-state index contributed by atoms with van der Waals surface area (Å²) in [6, 6.07) is 13.6. The van der Waals surface area contributed by atoms with E-state index in [0.29, 0.717) is 0 Å². The monoisotopic (exact) mass is 432 g/mol. The zero-order valence-corrected chi connectivity index (χ0v) is 16.1. The van der Waals surface area contributed by atoms with Gasteiger partial charge in [-0.15, -0.1) is 0 Å². The number of hydrogen-bond acceptors (Lipinski definition) is 8. The van der Waals surface area contributed by atoms with Gasteiger partial charge in [-0.2, -0.15) is 0 Å². The van der Waals surface area contributed by atoms with Gasteiger partial charge in [-0.3, -0.25) is 29.8 Å². The van der Waals surface area contributed by atoms with Crippen molar-refractivity contribution >= 4 is 28.1 Å². The number of carbonyl (C=O) groups excluding carboxylic acids is 1. The number of fused-ring (bicyclic) bond motifs is 1. The Hall–Kier alpha value is -4.86. The summed E-state index contributed by atoms with van der Waals surface area (Å²) in [5, 5.41) is 31.6. The lowest BCUT2D eigenvalue weighted by Gasteiger charge is -2.10. The molecular weight excluding hydrogens is 420 g/mol. The van der Waals surface area contributed by atoms with Gasteiger partial charge in [0.2, 0.25) is 11.2 Å².